The molecule has 110 valence electrons. The second-order valence-corrected chi connectivity index (χ2v) is 4.57. The number of phenols is 1. The molecule has 0 saturated heterocycles. The SMILES string of the molecule is COc1ccccc1C(C)Nc1ccc(O)cc1[N+](=O)[O-]. The molecular weight excluding hydrogens is 272 g/mol. The normalized spacial score (nSPS) is 11.7. The van der Waals surface area contributed by atoms with Crippen molar-refractivity contribution in [2.75, 3.05) is 12.4 Å². The van der Waals surface area contributed by atoms with E-state index in [1.165, 1.54) is 12.1 Å². The molecule has 0 aliphatic heterocycles. The van der Waals surface area contributed by atoms with Gasteiger partial charge in [0.25, 0.3) is 5.69 Å². The Balaban J connectivity index is 2.31. The maximum atomic E-state index is 11.0. The highest BCUT2D eigenvalue weighted by Crippen LogP contribution is 2.33. The van der Waals surface area contributed by atoms with Crippen LogP contribution in [0.5, 0.6) is 11.5 Å². The molecule has 0 radical (unpaired) electrons. The van der Waals surface area contributed by atoms with Crippen molar-refractivity contribution in [1.29, 1.82) is 0 Å². The van der Waals surface area contributed by atoms with E-state index in [0.717, 1.165) is 11.6 Å². The fraction of sp³-hybridized carbons (Fsp3) is 0.200. The molecule has 0 saturated carbocycles. The number of ether oxygens (including phenoxy) is 1. The smallest absolute Gasteiger partial charge is 0.296 e. The third-order valence-corrected chi connectivity index (χ3v) is 3.16. The summed E-state index contributed by atoms with van der Waals surface area (Å²) < 4.78 is 5.29. The minimum absolute atomic E-state index is 0.141. The molecule has 0 aromatic heterocycles. The zero-order valence-corrected chi connectivity index (χ0v) is 11.7. The van der Waals surface area contributed by atoms with Gasteiger partial charge < -0.3 is 15.2 Å². The quantitative estimate of drug-likeness (QED) is 0.500. The van der Waals surface area contributed by atoms with E-state index in [1.54, 1.807) is 7.11 Å². The van der Waals surface area contributed by atoms with Gasteiger partial charge in [-0.2, -0.15) is 0 Å². The second-order valence-electron chi connectivity index (χ2n) is 4.57. The van der Waals surface area contributed by atoms with Gasteiger partial charge in [-0.3, -0.25) is 10.1 Å². The summed E-state index contributed by atoms with van der Waals surface area (Å²) in [5, 5.41) is 23.5. The van der Waals surface area contributed by atoms with Gasteiger partial charge in [0.05, 0.1) is 24.1 Å². The number of phenolic OH excluding ortho intramolecular Hbond substituents is 1. The highest BCUT2D eigenvalue weighted by molar-refractivity contribution is 5.64. The van der Waals surface area contributed by atoms with Crippen LogP contribution in [0.4, 0.5) is 11.4 Å². The van der Waals surface area contributed by atoms with Crippen molar-refractivity contribution >= 4 is 11.4 Å². The van der Waals surface area contributed by atoms with Crippen LogP contribution in [0.15, 0.2) is 42.5 Å². The topological polar surface area (TPSA) is 84.6 Å². The van der Waals surface area contributed by atoms with E-state index in [2.05, 4.69) is 5.32 Å². The number of hydrogen-bond donors (Lipinski definition) is 2. The molecule has 0 bridgehead atoms. The predicted octanol–water partition coefficient (Wildman–Crippen LogP) is 3.48. The maximum absolute atomic E-state index is 11.0. The van der Waals surface area contributed by atoms with Crippen molar-refractivity contribution < 1.29 is 14.8 Å². The molecule has 6 heteroatoms. The second kappa shape index (κ2) is 6.13. The first-order chi connectivity index (χ1) is 10.0. The summed E-state index contributed by atoms with van der Waals surface area (Å²) in [5.41, 5.74) is 1.07. The Labute approximate surface area is 122 Å². The largest absolute Gasteiger partial charge is 0.508 e. The molecule has 0 heterocycles. The number of methoxy groups -OCH3 is 1. The summed E-state index contributed by atoms with van der Waals surface area (Å²) in [4.78, 5) is 10.5. The van der Waals surface area contributed by atoms with Crippen LogP contribution in [0, 0.1) is 10.1 Å². The number of anilines is 1. The average molecular weight is 288 g/mol. The van der Waals surface area contributed by atoms with Crippen molar-refractivity contribution in [2.24, 2.45) is 0 Å². The van der Waals surface area contributed by atoms with E-state index in [9.17, 15) is 15.2 Å². The van der Waals surface area contributed by atoms with Crippen molar-refractivity contribution in [2.45, 2.75) is 13.0 Å². The van der Waals surface area contributed by atoms with Gasteiger partial charge in [-0.1, -0.05) is 18.2 Å². The molecule has 2 aromatic carbocycles. The van der Waals surface area contributed by atoms with Crippen LogP contribution in [-0.2, 0) is 0 Å². The monoisotopic (exact) mass is 288 g/mol. The molecule has 0 spiro atoms. The summed E-state index contributed by atoms with van der Waals surface area (Å²) in [6, 6.07) is 11.3. The van der Waals surface area contributed by atoms with Gasteiger partial charge in [-0.05, 0) is 25.1 Å². The summed E-state index contributed by atoms with van der Waals surface area (Å²) in [6.45, 7) is 1.88. The maximum Gasteiger partial charge on any atom is 0.296 e. The summed E-state index contributed by atoms with van der Waals surface area (Å²) in [6.07, 6.45) is 0. The van der Waals surface area contributed by atoms with E-state index >= 15 is 0 Å². The molecule has 0 aliphatic carbocycles. The van der Waals surface area contributed by atoms with Crippen LogP contribution in [-0.4, -0.2) is 17.1 Å². The lowest BCUT2D eigenvalue weighted by atomic mass is 10.1. The summed E-state index contributed by atoms with van der Waals surface area (Å²) in [5.74, 6) is 0.566. The lowest BCUT2D eigenvalue weighted by molar-refractivity contribution is -0.384. The van der Waals surface area contributed by atoms with Crippen LogP contribution in [0.2, 0.25) is 0 Å². The molecule has 2 N–H and O–H groups in total. The van der Waals surface area contributed by atoms with Crippen LogP contribution in [0.3, 0.4) is 0 Å². The van der Waals surface area contributed by atoms with Gasteiger partial charge in [-0.25, -0.2) is 0 Å². The molecule has 1 unspecified atom stereocenters. The zero-order chi connectivity index (χ0) is 15.4. The van der Waals surface area contributed by atoms with E-state index in [0.29, 0.717) is 11.4 Å². The highest BCUT2D eigenvalue weighted by Gasteiger charge is 2.18. The van der Waals surface area contributed by atoms with Gasteiger partial charge in [-0.15, -0.1) is 0 Å². The minimum Gasteiger partial charge on any atom is -0.508 e. The van der Waals surface area contributed by atoms with Gasteiger partial charge in [0.2, 0.25) is 0 Å². The van der Waals surface area contributed by atoms with Gasteiger partial charge in [0, 0.05) is 5.56 Å². The number of benzene rings is 2. The molecule has 2 rings (SSSR count). The Kier molecular flexibility index (Phi) is 4.27. The fourth-order valence-corrected chi connectivity index (χ4v) is 2.13. The number of nitro groups is 1. The molecule has 2 aromatic rings. The lowest BCUT2D eigenvalue weighted by Crippen LogP contribution is -2.09. The first kappa shape index (κ1) is 14.6. The number of nitrogens with one attached hydrogen (secondary N) is 1. The minimum atomic E-state index is -0.531. The van der Waals surface area contributed by atoms with Crippen molar-refractivity contribution in [1.82, 2.24) is 0 Å². The van der Waals surface area contributed by atoms with E-state index < -0.39 is 4.92 Å². The Morgan fingerprint density at radius 2 is 2.00 bits per heavy atom. The number of rotatable bonds is 5. The van der Waals surface area contributed by atoms with Crippen LogP contribution >= 0.6 is 0 Å². The molecule has 0 fully saturated rings. The number of para-hydroxylation sites is 1. The first-order valence-corrected chi connectivity index (χ1v) is 6.39. The average Bonchev–Trinajstić information content (AvgIpc) is 2.48. The van der Waals surface area contributed by atoms with Crippen LogP contribution in [0.25, 0.3) is 0 Å². The number of nitro benzene ring substituents is 1. The molecular formula is C15H16N2O4. The Morgan fingerprint density at radius 3 is 2.67 bits per heavy atom. The standard InChI is InChI=1S/C15H16N2O4/c1-10(12-5-3-4-6-15(12)21-2)16-13-8-7-11(18)9-14(13)17(19)20/h3-10,16,18H,1-2H3. The zero-order valence-electron chi connectivity index (χ0n) is 11.7. The van der Waals surface area contributed by atoms with E-state index in [4.69, 9.17) is 4.74 Å². The van der Waals surface area contributed by atoms with Crippen molar-refractivity contribution in [3.8, 4) is 11.5 Å². The Hall–Kier alpha value is -2.76. The third kappa shape index (κ3) is 3.22. The molecule has 0 amide bonds. The molecule has 1 atom stereocenters. The number of hydrogen-bond acceptors (Lipinski definition) is 5. The van der Waals surface area contributed by atoms with Gasteiger partial charge in [0.1, 0.15) is 17.2 Å². The van der Waals surface area contributed by atoms with Gasteiger partial charge >= 0.3 is 0 Å². The van der Waals surface area contributed by atoms with Crippen LogP contribution in [0.1, 0.15) is 18.5 Å². The Morgan fingerprint density at radius 1 is 1.29 bits per heavy atom. The van der Waals surface area contributed by atoms with E-state index in [-0.39, 0.29) is 17.5 Å². The third-order valence-electron chi connectivity index (χ3n) is 3.16. The number of nitrogens with zero attached hydrogens (tertiary/aromatic N) is 1. The van der Waals surface area contributed by atoms with E-state index in [1.807, 2.05) is 31.2 Å². The number of aromatic hydroxyl groups is 1. The van der Waals surface area contributed by atoms with Crippen molar-refractivity contribution in [3.63, 3.8) is 0 Å². The fourth-order valence-electron chi connectivity index (χ4n) is 2.13. The molecule has 21 heavy (non-hydrogen) atoms. The summed E-state index contributed by atoms with van der Waals surface area (Å²) in [7, 11) is 1.58. The van der Waals surface area contributed by atoms with Gasteiger partial charge in [0.15, 0.2) is 0 Å². The predicted molar refractivity (Wildman–Crippen MR) is 79.8 cm³/mol. The summed E-state index contributed by atoms with van der Waals surface area (Å²) >= 11 is 0. The molecule has 6 nitrogen and oxygen atoms in total. The van der Waals surface area contributed by atoms with Crippen LogP contribution < -0.4 is 10.1 Å². The first-order valence-electron chi connectivity index (χ1n) is 6.39. The highest BCUT2D eigenvalue weighted by atomic mass is 16.6. The lowest BCUT2D eigenvalue weighted by Gasteiger charge is -2.18. The Bertz CT molecular complexity index is 658. The van der Waals surface area contributed by atoms with Crippen molar-refractivity contribution in [3.05, 3.63) is 58.1 Å². The molecule has 0 aliphatic rings.